The molecule has 136 valence electrons. The Morgan fingerprint density at radius 3 is 2.48 bits per heavy atom. The number of nitrogens with two attached hydrogens (primary N) is 1. The molecule has 25 heavy (non-hydrogen) atoms. The summed E-state index contributed by atoms with van der Waals surface area (Å²) in [6.45, 7) is 4.71. The first kappa shape index (κ1) is 20.2. The van der Waals surface area contributed by atoms with E-state index in [0.29, 0.717) is 0 Å². The van der Waals surface area contributed by atoms with Gasteiger partial charge in [-0.1, -0.05) is 19.9 Å². The van der Waals surface area contributed by atoms with Gasteiger partial charge in [0, 0.05) is 12.6 Å². The maximum absolute atomic E-state index is 13.5. The fourth-order valence-electron chi connectivity index (χ4n) is 1.95. The van der Waals surface area contributed by atoms with E-state index in [2.05, 4.69) is 15.6 Å². The summed E-state index contributed by atoms with van der Waals surface area (Å²) in [6, 6.07) is 0.893. The molecule has 1 heterocycles. The Morgan fingerprint density at radius 2 is 2.00 bits per heavy atom. The number of aliphatic carboxylic acids is 1. The van der Waals surface area contributed by atoms with Crippen LogP contribution < -0.4 is 16.4 Å². The Balaban J connectivity index is 2.91. The van der Waals surface area contributed by atoms with Gasteiger partial charge >= 0.3 is 5.97 Å². The molecule has 0 aliphatic carbocycles. The van der Waals surface area contributed by atoms with Crippen LogP contribution >= 0.6 is 0 Å². The number of nitrogens with zero attached hydrogens (tertiary/aromatic N) is 1. The maximum atomic E-state index is 13.5. The molecule has 1 aromatic heterocycles. The standard InChI is InChI=1S/C16H21FN4O4/c1-4-11(14(22)21-13(8(2)3)16(24)25)20-15(23)12-6-9(17)5-10(7-18)19-12/h4-6,8,13H,7,18H2,1-3H3,(H,20,23)(H,21,22)(H,24,25)/b11-4-/t13-/m0/s1. The van der Waals surface area contributed by atoms with E-state index >= 15 is 0 Å². The largest absolute Gasteiger partial charge is 0.480 e. The molecule has 0 spiro atoms. The van der Waals surface area contributed by atoms with Gasteiger partial charge in [-0.05, 0) is 18.9 Å². The SMILES string of the molecule is C/C=C(\NC(=O)c1cc(F)cc(CN)n1)C(=O)N[C@H](C(=O)O)C(C)C. The van der Waals surface area contributed by atoms with Gasteiger partial charge in [0.2, 0.25) is 0 Å². The molecule has 2 amide bonds. The van der Waals surface area contributed by atoms with Crippen molar-refractivity contribution >= 4 is 17.8 Å². The van der Waals surface area contributed by atoms with Gasteiger partial charge in [-0.2, -0.15) is 0 Å². The van der Waals surface area contributed by atoms with Gasteiger partial charge in [0.05, 0.1) is 5.69 Å². The lowest BCUT2D eigenvalue weighted by Crippen LogP contribution is -2.47. The molecule has 0 saturated carbocycles. The van der Waals surface area contributed by atoms with E-state index in [1.807, 2.05) is 0 Å². The summed E-state index contributed by atoms with van der Waals surface area (Å²) in [7, 11) is 0. The molecule has 0 radical (unpaired) electrons. The molecule has 8 nitrogen and oxygen atoms in total. The summed E-state index contributed by atoms with van der Waals surface area (Å²) < 4.78 is 13.5. The second-order valence-electron chi connectivity index (χ2n) is 5.56. The van der Waals surface area contributed by atoms with Crippen molar-refractivity contribution in [3.63, 3.8) is 0 Å². The van der Waals surface area contributed by atoms with Crippen LogP contribution in [0.1, 0.15) is 37.0 Å². The van der Waals surface area contributed by atoms with Gasteiger partial charge in [0.25, 0.3) is 11.8 Å². The van der Waals surface area contributed by atoms with E-state index in [1.54, 1.807) is 13.8 Å². The number of carbonyl (C=O) groups excluding carboxylic acids is 2. The minimum absolute atomic E-state index is 0.0519. The fourth-order valence-corrected chi connectivity index (χ4v) is 1.95. The van der Waals surface area contributed by atoms with Crippen molar-refractivity contribution in [3.05, 3.63) is 41.1 Å². The van der Waals surface area contributed by atoms with E-state index < -0.39 is 29.6 Å². The quantitative estimate of drug-likeness (QED) is 0.529. The van der Waals surface area contributed by atoms with Gasteiger partial charge < -0.3 is 21.5 Å². The van der Waals surface area contributed by atoms with Crippen LogP contribution in [0.4, 0.5) is 4.39 Å². The number of carboxylic acid groups (broad SMARTS) is 1. The Kier molecular flexibility index (Phi) is 7.19. The third kappa shape index (κ3) is 5.64. The minimum atomic E-state index is -1.19. The highest BCUT2D eigenvalue weighted by atomic mass is 19.1. The van der Waals surface area contributed by atoms with Gasteiger partial charge in [-0.15, -0.1) is 0 Å². The van der Waals surface area contributed by atoms with Crippen molar-refractivity contribution in [1.29, 1.82) is 0 Å². The summed E-state index contributed by atoms with van der Waals surface area (Å²) >= 11 is 0. The zero-order valence-electron chi connectivity index (χ0n) is 14.2. The number of rotatable bonds is 7. The van der Waals surface area contributed by atoms with Crippen LogP contribution in [-0.2, 0) is 16.1 Å². The summed E-state index contributed by atoms with van der Waals surface area (Å²) in [6.07, 6.45) is 1.30. The van der Waals surface area contributed by atoms with Crippen LogP contribution in [0.25, 0.3) is 0 Å². The van der Waals surface area contributed by atoms with Gasteiger partial charge in [-0.3, -0.25) is 9.59 Å². The maximum Gasteiger partial charge on any atom is 0.326 e. The molecule has 0 aliphatic heterocycles. The first-order valence-electron chi connectivity index (χ1n) is 7.57. The van der Waals surface area contributed by atoms with E-state index in [-0.39, 0.29) is 29.5 Å². The number of halogens is 1. The average molecular weight is 352 g/mol. The van der Waals surface area contributed by atoms with Crippen LogP contribution in [0, 0.1) is 11.7 Å². The smallest absolute Gasteiger partial charge is 0.326 e. The summed E-state index contributed by atoms with van der Waals surface area (Å²) in [5.74, 6) is -3.81. The number of carbonyl (C=O) groups is 3. The third-order valence-corrected chi connectivity index (χ3v) is 3.29. The first-order valence-corrected chi connectivity index (χ1v) is 7.57. The zero-order chi connectivity index (χ0) is 19.1. The molecule has 1 atom stereocenters. The Bertz CT molecular complexity index is 703. The van der Waals surface area contributed by atoms with E-state index in [4.69, 9.17) is 10.8 Å². The molecule has 9 heteroatoms. The molecular weight excluding hydrogens is 331 g/mol. The normalized spacial score (nSPS) is 12.6. The third-order valence-electron chi connectivity index (χ3n) is 3.29. The number of nitrogens with one attached hydrogen (secondary N) is 2. The predicted octanol–water partition coefficient (Wildman–Crippen LogP) is 0.538. The van der Waals surface area contributed by atoms with Crippen molar-refractivity contribution in [2.45, 2.75) is 33.4 Å². The number of hydrogen-bond donors (Lipinski definition) is 4. The van der Waals surface area contributed by atoms with Crippen LogP contribution in [-0.4, -0.2) is 33.9 Å². The molecule has 1 aromatic rings. The highest BCUT2D eigenvalue weighted by Gasteiger charge is 2.25. The summed E-state index contributed by atoms with van der Waals surface area (Å²) in [5, 5.41) is 13.7. The molecule has 0 unspecified atom stereocenters. The first-order chi connectivity index (χ1) is 11.7. The summed E-state index contributed by atoms with van der Waals surface area (Å²) in [5.41, 5.74) is 5.15. The Hall–Kier alpha value is -2.81. The monoisotopic (exact) mass is 352 g/mol. The summed E-state index contributed by atoms with van der Waals surface area (Å²) in [4.78, 5) is 39.4. The highest BCUT2D eigenvalue weighted by molar-refractivity contribution is 6.02. The number of aromatic nitrogens is 1. The van der Waals surface area contributed by atoms with Crippen LogP contribution in [0.15, 0.2) is 23.9 Å². The lowest BCUT2D eigenvalue weighted by atomic mass is 10.0. The molecule has 0 fully saturated rings. The molecule has 5 N–H and O–H groups in total. The van der Waals surface area contributed by atoms with Crippen LogP contribution in [0.3, 0.4) is 0 Å². The number of amides is 2. The van der Waals surface area contributed by atoms with Gasteiger partial charge in [-0.25, -0.2) is 14.2 Å². The average Bonchev–Trinajstić information content (AvgIpc) is 2.55. The number of pyridine rings is 1. The zero-order valence-corrected chi connectivity index (χ0v) is 14.2. The van der Waals surface area contributed by atoms with Crippen molar-refractivity contribution in [1.82, 2.24) is 15.6 Å². The lowest BCUT2D eigenvalue weighted by Gasteiger charge is -2.19. The number of allylic oxidation sites excluding steroid dienone is 1. The lowest BCUT2D eigenvalue weighted by molar-refractivity contribution is -0.142. The number of carboxylic acids is 1. The van der Waals surface area contributed by atoms with Gasteiger partial charge in [0.15, 0.2) is 0 Å². The van der Waals surface area contributed by atoms with Crippen molar-refractivity contribution < 1.29 is 23.9 Å². The molecule has 0 bridgehead atoms. The molecule has 0 aliphatic rings. The van der Waals surface area contributed by atoms with Crippen molar-refractivity contribution in [2.24, 2.45) is 11.7 Å². The Labute approximate surface area is 144 Å². The van der Waals surface area contributed by atoms with E-state index in [9.17, 15) is 18.8 Å². The van der Waals surface area contributed by atoms with E-state index in [0.717, 1.165) is 12.1 Å². The van der Waals surface area contributed by atoms with E-state index in [1.165, 1.54) is 13.0 Å². The molecule has 1 rings (SSSR count). The second-order valence-corrected chi connectivity index (χ2v) is 5.56. The fraction of sp³-hybridized carbons (Fsp3) is 0.375. The topological polar surface area (TPSA) is 134 Å². The van der Waals surface area contributed by atoms with Crippen molar-refractivity contribution in [3.8, 4) is 0 Å². The molecular formula is C16H21FN4O4. The van der Waals surface area contributed by atoms with Crippen LogP contribution in [0.5, 0.6) is 0 Å². The number of hydrogen-bond acceptors (Lipinski definition) is 5. The second kappa shape index (κ2) is 8.88. The van der Waals surface area contributed by atoms with Gasteiger partial charge in [0.1, 0.15) is 23.3 Å². The van der Waals surface area contributed by atoms with Crippen molar-refractivity contribution in [2.75, 3.05) is 0 Å². The molecule has 0 aromatic carbocycles. The highest BCUT2D eigenvalue weighted by Crippen LogP contribution is 2.07. The Morgan fingerprint density at radius 1 is 1.36 bits per heavy atom. The predicted molar refractivity (Wildman–Crippen MR) is 87.7 cm³/mol. The van der Waals surface area contributed by atoms with Crippen LogP contribution in [0.2, 0.25) is 0 Å². The molecule has 0 saturated heterocycles. The minimum Gasteiger partial charge on any atom is -0.480 e.